The molecule has 1 aliphatic heterocycles. The molecule has 4 amide bonds. The summed E-state index contributed by atoms with van der Waals surface area (Å²) in [6.45, 7) is 8.45. The van der Waals surface area contributed by atoms with Crippen LogP contribution >= 0.6 is 0 Å². The van der Waals surface area contributed by atoms with Gasteiger partial charge in [0.1, 0.15) is 12.1 Å². The number of carbonyl (C=O) groups is 3. The van der Waals surface area contributed by atoms with Gasteiger partial charge in [-0.05, 0) is 36.3 Å². The first-order chi connectivity index (χ1) is 14.6. The van der Waals surface area contributed by atoms with Crippen LogP contribution in [-0.2, 0) is 16.0 Å². The van der Waals surface area contributed by atoms with E-state index < -0.39 is 35.7 Å². The van der Waals surface area contributed by atoms with Gasteiger partial charge in [0.15, 0.2) is 0 Å². The summed E-state index contributed by atoms with van der Waals surface area (Å²) in [6, 6.07) is 5.37. The highest BCUT2D eigenvalue weighted by atomic mass is 16.3. The molecule has 8 nitrogen and oxygen atoms in total. The van der Waals surface area contributed by atoms with Crippen LogP contribution < -0.4 is 16.0 Å². The lowest BCUT2D eigenvalue weighted by Crippen LogP contribution is -2.59. The van der Waals surface area contributed by atoms with Gasteiger partial charge >= 0.3 is 6.03 Å². The molecule has 0 radical (unpaired) electrons. The van der Waals surface area contributed by atoms with E-state index in [2.05, 4.69) is 16.0 Å². The van der Waals surface area contributed by atoms with E-state index in [0.29, 0.717) is 25.9 Å². The molecule has 1 aromatic carbocycles. The highest BCUT2D eigenvalue weighted by Gasteiger charge is 2.40. The van der Waals surface area contributed by atoms with Crippen molar-refractivity contribution in [3.63, 3.8) is 0 Å². The zero-order valence-electron chi connectivity index (χ0n) is 18.8. The van der Waals surface area contributed by atoms with E-state index in [-0.39, 0.29) is 11.8 Å². The third-order valence-corrected chi connectivity index (χ3v) is 6.07. The quantitative estimate of drug-likeness (QED) is 0.567. The fourth-order valence-electron chi connectivity index (χ4n) is 4.44. The summed E-state index contributed by atoms with van der Waals surface area (Å²) in [4.78, 5) is 40.1. The number of aliphatic hydroxyl groups is 1. The molecule has 0 unspecified atom stereocenters. The highest BCUT2D eigenvalue weighted by molar-refractivity contribution is 5.91. The van der Waals surface area contributed by atoms with Crippen molar-refractivity contribution in [1.82, 2.24) is 20.9 Å². The van der Waals surface area contributed by atoms with Gasteiger partial charge in [-0.3, -0.25) is 9.59 Å². The maximum atomic E-state index is 13.2. The van der Waals surface area contributed by atoms with Crippen molar-refractivity contribution in [3.05, 3.63) is 35.4 Å². The van der Waals surface area contributed by atoms with Gasteiger partial charge in [-0.15, -0.1) is 0 Å². The molecule has 1 aromatic rings. The number of urea groups is 1. The second-order valence-electron chi connectivity index (χ2n) is 9.45. The molecular weight excluding hydrogens is 396 g/mol. The molecule has 3 rings (SSSR count). The van der Waals surface area contributed by atoms with Crippen LogP contribution in [0.25, 0.3) is 0 Å². The van der Waals surface area contributed by atoms with E-state index in [1.807, 2.05) is 52.0 Å². The van der Waals surface area contributed by atoms with Crippen LogP contribution in [0.1, 0.15) is 57.7 Å². The Morgan fingerprint density at radius 3 is 2.61 bits per heavy atom. The number of fused-ring (bicyclic) bond motifs is 1. The van der Waals surface area contributed by atoms with E-state index >= 15 is 0 Å². The van der Waals surface area contributed by atoms with Crippen LogP contribution in [0.2, 0.25) is 0 Å². The van der Waals surface area contributed by atoms with Crippen LogP contribution in [0.3, 0.4) is 0 Å². The summed E-state index contributed by atoms with van der Waals surface area (Å²) in [5.41, 5.74) is 1.35. The van der Waals surface area contributed by atoms with Gasteiger partial charge in [0.2, 0.25) is 11.8 Å². The molecule has 170 valence electrons. The largest absolute Gasteiger partial charge is 0.390 e. The summed E-state index contributed by atoms with van der Waals surface area (Å²) in [7, 11) is 0. The van der Waals surface area contributed by atoms with Crippen molar-refractivity contribution < 1.29 is 19.5 Å². The second-order valence-corrected chi connectivity index (χ2v) is 9.45. The molecule has 1 heterocycles. The first-order valence-electron chi connectivity index (χ1n) is 11.0. The Labute approximate surface area is 183 Å². The lowest BCUT2D eigenvalue weighted by molar-refractivity contribution is -0.126. The minimum Gasteiger partial charge on any atom is -0.390 e. The summed E-state index contributed by atoms with van der Waals surface area (Å²) < 4.78 is 0. The van der Waals surface area contributed by atoms with Crippen molar-refractivity contribution in [3.8, 4) is 0 Å². The molecule has 1 saturated heterocycles. The predicted octanol–water partition coefficient (Wildman–Crippen LogP) is 1.49. The van der Waals surface area contributed by atoms with E-state index in [0.717, 1.165) is 17.5 Å². The Morgan fingerprint density at radius 1 is 1.23 bits per heavy atom. The van der Waals surface area contributed by atoms with Crippen molar-refractivity contribution >= 4 is 17.8 Å². The SMILES string of the molecule is CCNC(=O)[C@@H]1CCCN1C(=O)N[C@H](C(=O)N[C@H]1c2ccccc2C[C@H]1O)C(C)(C)C. The smallest absolute Gasteiger partial charge is 0.318 e. The Morgan fingerprint density at radius 2 is 1.94 bits per heavy atom. The fraction of sp³-hybridized carbons (Fsp3) is 0.609. The van der Waals surface area contributed by atoms with Gasteiger partial charge in [-0.25, -0.2) is 4.79 Å². The van der Waals surface area contributed by atoms with Crippen molar-refractivity contribution in [2.75, 3.05) is 13.1 Å². The molecule has 31 heavy (non-hydrogen) atoms. The summed E-state index contributed by atoms with van der Waals surface area (Å²) >= 11 is 0. The van der Waals surface area contributed by atoms with Gasteiger partial charge < -0.3 is 26.0 Å². The maximum Gasteiger partial charge on any atom is 0.318 e. The number of benzene rings is 1. The topological polar surface area (TPSA) is 111 Å². The number of rotatable bonds is 5. The lowest BCUT2D eigenvalue weighted by Gasteiger charge is -2.34. The molecule has 0 aromatic heterocycles. The summed E-state index contributed by atoms with van der Waals surface area (Å²) in [5.74, 6) is -0.520. The number of likely N-dealkylation sites (tertiary alicyclic amines) is 1. The van der Waals surface area contributed by atoms with Gasteiger partial charge in [-0.2, -0.15) is 0 Å². The maximum absolute atomic E-state index is 13.2. The van der Waals surface area contributed by atoms with Gasteiger partial charge in [-0.1, -0.05) is 45.0 Å². The Bertz CT molecular complexity index is 835. The number of hydrogen-bond acceptors (Lipinski definition) is 4. The van der Waals surface area contributed by atoms with Crippen molar-refractivity contribution in [2.45, 2.75) is 71.2 Å². The number of nitrogens with zero attached hydrogens (tertiary/aromatic N) is 1. The highest BCUT2D eigenvalue weighted by Crippen LogP contribution is 2.32. The molecule has 1 fully saturated rings. The number of aliphatic hydroxyl groups excluding tert-OH is 1. The average Bonchev–Trinajstić information content (AvgIpc) is 3.30. The minimum absolute atomic E-state index is 0.169. The number of hydrogen-bond donors (Lipinski definition) is 4. The van der Waals surface area contributed by atoms with Crippen LogP contribution in [-0.4, -0.2) is 59.1 Å². The van der Waals surface area contributed by atoms with E-state index in [1.54, 1.807) is 0 Å². The summed E-state index contributed by atoms with van der Waals surface area (Å²) in [6.07, 6.45) is 1.12. The van der Waals surface area contributed by atoms with Gasteiger partial charge in [0.25, 0.3) is 0 Å². The number of likely N-dealkylation sites (N-methyl/N-ethyl adjacent to an activating group) is 1. The number of amides is 4. The molecule has 4 N–H and O–H groups in total. The third kappa shape index (κ3) is 5.01. The molecule has 4 atom stereocenters. The predicted molar refractivity (Wildman–Crippen MR) is 117 cm³/mol. The lowest BCUT2D eigenvalue weighted by atomic mass is 9.86. The molecule has 0 bridgehead atoms. The van der Waals surface area contributed by atoms with E-state index in [1.165, 1.54) is 4.90 Å². The van der Waals surface area contributed by atoms with Crippen molar-refractivity contribution in [1.29, 1.82) is 0 Å². The van der Waals surface area contributed by atoms with Gasteiger partial charge in [0.05, 0.1) is 12.1 Å². The Kier molecular flexibility index (Phi) is 6.89. The summed E-state index contributed by atoms with van der Waals surface area (Å²) in [5, 5.41) is 19.1. The average molecular weight is 431 g/mol. The first kappa shape index (κ1) is 23.1. The monoisotopic (exact) mass is 430 g/mol. The minimum atomic E-state index is -0.824. The standard InChI is InChI=1S/C23H34N4O4/c1-5-24-20(29)16-11-8-12-27(16)22(31)26-19(23(2,3)4)21(30)25-18-15-10-7-6-9-14(15)13-17(18)28/h6-7,9-10,16-19,28H,5,8,11-13H2,1-4H3,(H,24,29)(H,25,30)(H,26,31)/t16-,17+,18-,19+/m0/s1. The molecule has 8 heteroatoms. The Balaban J connectivity index is 1.73. The third-order valence-electron chi connectivity index (χ3n) is 6.07. The number of nitrogens with one attached hydrogen (secondary N) is 3. The van der Waals surface area contributed by atoms with Crippen LogP contribution in [0, 0.1) is 5.41 Å². The molecular formula is C23H34N4O4. The van der Waals surface area contributed by atoms with E-state index in [4.69, 9.17) is 0 Å². The van der Waals surface area contributed by atoms with Crippen LogP contribution in [0.15, 0.2) is 24.3 Å². The van der Waals surface area contributed by atoms with Crippen LogP contribution in [0.5, 0.6) is 0 Å². The first-order valence-corrected chi connectivity index (χ1v) is 11.0. The zero-order chi connectivity index (χ0) is 22.8. The van der Waals surface area contributed by atoms with Crippen LogP contribution in [0.4, 0.5) is 4.79 Å². The zero-order valence-corrected chi connectivity index (χ0v) is 18.8. The number of carbonyl (C=O) groups excluding carboxylic acids is 3. The van der Waals surface area contributed by atoms with Crippen molar-refractivity contribution in [2.24, 2.45) is 5.41 Å². The second kappa shape index (κ2) is 9.26. The fourth-order valence-corrected chi connectivity index (χ4v) is 4.44. The normalized spacial score (nSPS) is 23.8. The Hall–Kier alpha value is -2.61. The molecule has 0 saturated carbocycles. The molecule has 0 spiro atoms. The van der Waals surface area contributed by atoms with E-state index in [9.17, 15) is 19.5 Å². The van der Waals surface area contributed by atoms with Gasteiger partial charge in [0, 0.05) is 19.5 Å². The molecule has 1 aliphatic carbocycles. The molecule has 2 aliphatic rings.